The van der Waals surface area contributed by atoms with Crippen LogP contribution < -0.4 is 0 Å². The second kappa shape index (κ2) is 8.35. The molecule has 2 aromatic rings. The molecule has 0 aromatic heterocycles. The zero-order chi connectivity index (χ0) is 19.4. The summed E-state index contributed by atoms with van der Waals surface area (Å²) in [6.07, 6.45) is 1.21. The van der Waals surface area contributed by atoms with Crippen LogP contribution in [-0.2, 0) is 18.4 Å². The van der Waals surface area contributed by atoms with Crippen molar-refractivity contribution >= 4 is 0 Å². The number of rotatable bonds is 1. The molecule has 0 saturated heterocycles. The fraction of sp³-hybridized carbons (Fsp3) is 0.500. The van der Waals surface area contributed by atoms with E-state index in [4.69, 9.17) is 0 Å². The number of halogens is 1. The topological polar surface area (TPSA) is 3.24 Å². The summed E-state index contributed by atoms with van der Waals surface area (Å²) in [7, 11) is 0. The monoisotopic (exact) mass is 355 g/mol. The lowest BCUT2D eigenvalue weighted by molar-refractivity contribution is 0.177. The van der Waals surface area contributed by atoms with Gasteiger partial charge in [-0.15, -0.1) is 0 Å². The molecule has 0 bridgehead atoms. The molecule has 0 atom stereocenters. The lowest BCUT2D eigenvalue weighted by Gasteiger charge is -2.33. The van der Waals surface area contributed by atoms with Gasteiger partial charge in [0.2, 0.25) is 0 Å². The zero-order valence-corrected chi connectivity index (χ0v) is 17.3. The molecule has 1 nitrogen and oxygen atoms in total. The van der Waals surface area contributed by atoms with E-state index >= 15 is 0 Å². The molecule has 1 heterocycles. The van der Waals surface area contributed by atoms with Crippen LogP contribution in [0.15, 0.2) is 48.5 Å². The van der Waals surface area contributed by atoms with Crippen LogP contribution in [0, 0.1) is 11.2 Å². The van der Waals surface area contributed by atoms with Crippen molar-refractivity contribution in [2.75, 3.05) is 13.1 Å². The van der Waals surface area contributed by atoms with Crippen molar-refractivity contribution in [1.29, 1.82) is 0 Å². The SMILES string of the molecule is CC(C)(C)CN1CCc2ccccc2C1.CC(C)(C)c1ccccc1F. The van der Waals surface area contributed by atoms with Gasteiger partial charge in [0.1, 0.15) is 5.82 Å². The molecule has 0 unspecified atom stereocenters. The Morgan fingerprint density at radius 1 is 0.846 bits per heavy atom. The summed E-state index contributed by atoms with van der Waals surface area (Å²) in [5, 5.41) is 0. The minimum Gasteiger partial charge on any atom is -0.298 e. The van der Waals surface area contributed by atoms with Gasteiger partial charge in [0.15, 0.2) is 0 Å². The van der Waals surface area contributed by atoms with Crippen LogP contribution in [0.2, 0.25) is 0 Å². The van der Waals surface area contributed by atoms with Crippen molar-refractivity contribution < 1.29 is 4.39 Å². The fourth-order valence-electron chi connectivity index (χ4n) is 3.43. The summed E-state index contributed by atoms with van der Waals surface area (Å²) >= 11 is 0. The van der Waals surface area contributed by atoms with E-state index in [0.29, 0.717) is 5.41 Å². The minimum atomic E-state index is -0.111. The van der Waals surface area contributed by atoms with Gasteiger partial charge in [-0.25, -0.2) is 4.39 Å². The molecule has 0 saturated carbocycles. The maximum absolute atomic E-state index is 13.1. The lowest BCUT2D eigenvalue weighted by Crippen LogP contribution is -2.36. The number of fused-ring (bicyclic) bond motifs is 1. The van der Waals surface area contributed by atoms with Crippen LogP contribution in [0.4, 0.5) is 4.39 Å². The first-order chi connectivity index (χ1) is 12.1. The van der Waals surface area contributed by atoms with Crippen LogP contribution in [0.5, 0.6) is 0 Å². The Morgan fingerprint density at radius 2 is 1.42 bits per heavy atom. The smallest absolute Gasteiger partial charge is 0.126 e. The zero-order valence-electron chi connectivity index (χ0n) is 17.3. The van der Waals surface area contributed by atoms with Gasteiger partial charge in [0.25, 0.3) is 0 Å². The predicted octanol–water partition coefficient (Wildman–Crippen LogP) is 6.21. The summed E-state index contributed by atoms with van der Waals surface area (Å²) in [6, 6.07) is 15.7. The van der Waals surface area contributed by atoms with Crippen molar-refractivity contribution in [2.45, 2.75) is 59.9 Å². The highest BCUT2D eigenvalue weighted by Crippen LogP contribution is 2.24. The molecule has 0 radical (unpaired) electrons. The largest absolute Gasteiger partial charge is 0.298 e. The molecule has 0 spiro atoms. The van der Waals surface area contributed by atoms with Crippen molar-refractivity contribution in [3.05, 3.63) is 71.0 Å². The second-order valence-corrected chi connectivity index (χ2v) is 9.52. The van der Waals surface area contributed by atoms with Gasteiger partial charge in [0.05, 0.1) is 0 Å². The Morgan fingerprint density at radius 3 is 1.96 bits per heavy atom. The van der Waals surface area contributed by atoms with E-state index in [1.165, 1.54) is 31.1 Å². The van der Waals surface area contributed by atoms with Crippen LogP contribution in [0.1, 0.15) is 58.2 Å². The van der Waals surface area contributed by atoms with Gasteiger partial charge >= 0.3 is 0 Å². The van der Waals surface area contributed by atoms with Crippen LogP contribution in [-0.4, -0.2) is 18.0 Å². The standard InChI is InChI=1S/C14H21N.C10H13F/c1-14(2,3)11-15-9-8-12-6-4-5-7-13(12)10-15;1-10(2,3)8-6-4-5-7-9(8)11/h4-7H,8-11H2,1-3H3;4-7H,1-3H3. The molecule has 0 aliphatic carbocycles. The van der Waals surface area contributed by atoms with Crippen molar-refractivity contribution in [1.82, 2.24) is 4.90 Å². The summed E-state index contributed by atoms with van der Waals surface area (Å²) in [5.41, 5.74) is 4.16. The van der Waals surface area contributed by atoms with E-state index in [0.717, 1.165) is 12.1 Å². The van der Waals surface area contributed by atoms with Crippen LogP contribution >= 0.6 is 0 Å². The van der Waals surface area contributed by atoms with Gasteiger partial charge < -0.3 is 0 Å². The highest BCUT2D eigenvalue weighted by atomic mass is 19.1. The Balaban J connectivity index is 0.000000197. The van der Waals surface area contributed by atoms with Crippen molar-refractivity contribution in [2.24, 2.45) is 5.41 Å². The third-order valence-corrected chi connectivity index (χ3v) is 4.59. The van der Waals surface area contributed by atoms with Gasteiger partial charge in [-0.3, -0.25) is 4.90 Å². The highest BCUT2D eigenvalue weighted by molar-refractivity contribution is 5.29. The summed E-state index contributed by atoms with van der Waals surface area (Å²) in [6.45, 7) is 16.5. The Kier molecular flexibility index (Phi) is 6.63. The summed E-state index contributed by atoms with van der Waals surface area (Å²) in [4.78, 5) is 2.57. The highest BCUT2D eigenvalue weighted by Gasteiger charge is 2.20. The van der Waals surface area contributed by atoms with Crippen molar-refractivity contribution in [3.8, 4) is 0 Å². The molecule has 2 heteroatoms. The van der Waals surface area contributed by atoms with E-state index in [-0.39, 0.29) is 11.2 Å². The molecule has 0 N–H and O–H groups in total. The summed E-state index contributed by atoms with van der Waals surface area (Å²) in [5.74, 6) is -0.111. The number of nitrogens with zero attached hydrogens (tertiary/aromatic N) is 1. The first-order valence-electron chi connectivity index (χ1n) is 9.60. The molecular formula is C24H34FN. The molecule has 0 amide bonds. The molecule has 26 heavy (non-hydrogen) atoms. The molecule has 142 valence electrons. The Bertz CT molecular complexity index is 707. The lowest BCUT2D eigenvalue weighted by atomic mass is 9.87. The number of benzene rings is 2. The maximum atomic E-state index is 13.1. The maximum Gasteiger partial charge on any atom is 0.126 e. The number of hydrogen-bond acceptors (Lipinski definition) is 1. The number of hydrogen-bond donors (Lipinski definition) is 0. The molecular weight excluding hydrogens is 321 g/mol. The second-order valence-electron chi connectivity index (χ2n) is 9.52. The van der Waals surface area contributed by atoms with Gasteiger partial charge in [-0.2, -0.15) is 0 Å². The normalized spacial score (nSPS) is 15.0. The van der Waals surface area contributed by atoms with E-state index in [9.17, 15) is 4.39 Å². The third-order valence-electron chi connectivity index (χ3n) is 4.59. The predicted molar refractivity (Wildman–Crippen MR) is 110 cm³/mol. The van der Waals surface area contributed by atoms with E-state index in [1.54, 1.807) is 11.6 Å². The van der Waals surface area contributed by atoms with Crippen LogP contribution in [0.25, 0.3) is 0 Å². The Labute approximate surface area is 159 Å². The first kappa shape index (κ1) is 20.6. The molecule has 1 aliphatic rings. The van der Waals surface area contributed by atoms with E-state index in [1.807, 2.05) is 32.9 Å². The third kappa shape index (κ3) is 6.25. The van der Waals surface area contributed by atoms with E-state index < -0.39 is 0 Å². The molecule has 1 aliphatic heterocycles. The van der Waals surface area contributed by atoms with Gasteiger partial charge in [0, 0.05) is 19.6 Å². The van der Waals surface area contributed by atoms with Gasteiger partial charge in [-0.1, -0.05) is 84.0 Å². The van der Waals surface area contributed by atoms with Crippen LogP contribution in [0.3, 0.4) is 0 Å². The molecule has 3 rings (SSSR count). The average molecular weight is 356 g/mol. The van der Waals surface area contributed by atoms with Crippen molar-refractivity contribution in [3.63, 3.8) is 0 Å². The first-order valence-corrected chi connectivity index (χ1v) is 9.60. The quantitative estimate of drug-likeness (QED) is 0.587. The van der Waals surface area contributed by atoms with Gasteiger partial charge in [-0.05, 0) is 40.0 Å². The average Bonchev–Trinajstić information content (AvgIpc) is 2.53. The van der Waals surface area contributed by atoms with E-state index in [2.05, 4.69) is 49.9 Å². The molecule has 2 aromatic carbocycles. The molecule has 0 fully saturated rings. The summed E-state index contributed by atoms with van der Waals surface area (Å²) < 4.78 is 13.1. The Hall–Kier alpha value is -1.67. The fourth-order valence-corrected chi connectivity index (χ4v) is 3.43. The minimum absolute atomic E-state index is 0.0919.